The van der Waals surface area contributed by atoms with Crippen LogP contribution in [0, 0.1) is 27.7 Å². The van der Waals surface area contributed by atoms with Crippen molar-refractivity contribution < 1.29 is 18.4 Å². The molecular formula is C12H14F2N2O3. The number of nitrogens with one attached hydrogen (secondary N) is 1. The minimum Gasteiger partial charge on any atom is -0.487 e. The highest BCUT2D eigenvalue weighted by Crippen LogP contribution is 2.27. The quantitative estimate of drug-likeness (QED) is 0.674. The largest absolute Gasteiger partial charge is 0.487 e. The van der Waals surface area contributed by atoms with E-state index < -0.39 is 28.0 Å². The molecular weight excluding hydrogens is 258 g/mol. The Morgan fingerprint density at radius 2 is 2.11 bits per heavy atom. The van der Waals surface area contributed by atoms with E-state index in [1.165, 1.54) is 0 Å². The molecule has 0 radical (unpaired) electrons. The first-order chi connectivity index (χ1) is 9.08. The zero-order valence-corrected chi connectivity index (χ0v) is 10.2. The maximum absolute atomic E-state index is 13.5. The lowest BCUT2D eigenvalue weighted by Gasteiger charge is -2.22. The van der Waals surface area contributed by atoms with Crippen LogP contribution in [-0.2, 0) is 0 Å². The fourth-order valence-corrected chi connectivity index (χ4v) is 2.06. The molecule has 5 nitrogen and oxygen atoms in total. The molecule has 1 saturated heterocycles. The van der Waals surface area contributed by atoms with Crippen LogP contribution in [0.2, 0.25) is 0 Å². The molecule has 1 unspecified atom stereocenters. The molecule has 0 saturated carbocycles. The monoisotopic (exact) mass is 272 g/mol. The number of nitro groups is 1. The van der Waals surface area contributed by atoms with Crippen molar-refractivity contribution in [2.45, 2.75) is 12.8 Å². The van der Waals surface area contributed by atoms with Gasteiger partial charge < -0.3 is 10.1 Å². The van der Waals surface area contributed by atoms with Crippen molar-refractivity contribution in [3.8, 4) is 5.75 Å². The van der Waals surface area contributed by atoms with Gasteiger partial charge in [0.15, 0.2) is 17.4 Å². The molecule has 104 valence electrons. The van der Waals surface area contributed by atoms with Crippen LogP contribution in [-0.4, -0.2) is 24.6 Å². The van der Waals surface area contributed by atoms with E-state index in [0.29, 0.717) is 12.1 Å². The number of hydrogen-bond acceptors (Lipinski definition) is 4. The maximum Gasteiger partial charge on any atom is 0.275 e. The predicted molar refractivity (Wildman–Crippen MR) is 64.1 cm³/mol. The summed E-state index contributed by atoms with van der Waals surface area (Å²) in [6, 6.07) is 1.33. The molecule has 1 N–H and O–H groups in total. The third-order valence-corrected chi connectivity index (χ3v) is 3.06. The van der Waals surface area contributed by atoms with Crippen LogP contribution in [0.25, 0.3) is 0 Å². The predicted octanol–water partition coefficient (Wildman–Crippen LogP) is 2.25. The molecule has 1 aromatic carbocycles. The topological polar surface area (TPSA) is 64.4 Å². The molecule has 0 amide bonds. The molecule has 2 rings (SSSR count). The zero-order valence-electron chi connectivity index (χ0n) is 10.2. The summed E-state index contributed by atoms with van der Waals surface area (Å²) in [5, 5.41) is 13.6. The van der Waals surface area contributed by atoms with E-state index >= 15 is 0 Å². The highest BCUT2D eigenvalue weighted by atomic mass is 19.1. The van der Waals surface area contributed by atoms with Crippen molar-refractivity contribution in [2.75, 3.05) is 19.7 Å². The van der Waals surface area contributed by atoms with Crippen LogP contribution in [0.4, 0.5) is 14.5 Å². The maximum atomic E-state index is 13.5. The molecule has 1 atom stereocenters. The minimum atomic E-state index is -1.05. The van der Waals surface area contributed by atoms with E-state index in [2.05, 4.69) is 5.32 Å². The molecule has 0 bridgehead atoms. The van der Waals surface area contributed by atoms with Crippen molar-refractivity contribution in [1.29, 1.82) is 0 Å². The lowest BCUT2D eigenvalue weighted by Crippen LogP contribution is -2.33. The van der Waals surface area contributed by atoms with Gasteiger partial charge in [0.05, 0.1) is 23.7 Å². The van der Waals surface area contributed by atoms with Crippen molar-refractivity contribution in [1.82, 2.24) is 5.32 Å². The normalized spacial score (nSPS) is 19.2. The van der Waals surface area contributed by atoms with Crippen molar-refractivity contribution >= 4 is 5.69 Å². The average Bonchev–Trinajstić information content (AvgIpc) is 2.38. The Balaban J connectivity index is 2.05. The number of nitrogens with zero attached hydrogens (tertiary/aromatic N) is 1. The molecule has 1 aliphatic rings. The Kier molecular flexibility index (Phi) is 4.26. The molecule has 0 aliphatic carbocycles. The number of benzene rings is 1. The van der Waals surface area contributed by atoms with Gasteiger partial charge in [-0.15, -0.1) is 0 Å². The number of halogens is 2. The number of non-ortho nitro benzene ring substituents is 1. The Labute approximate surface area is 108 Å². The third kappa shape index (κ3) is 3.37. The highest BCUT2D eigenvalue weighted by molar-refractivity contribution is 5.39. The number of piperidine rings is 1. The fraction of sp³-hybridized carbons (Fsp3) is 0.500. The van der Waals surface area contributed by atoms with Gasteiger partial charge in [0.1, 0.15) is 0 Å². The van der Waals surface area contributed by atoms with E-state index in [9.17, 15) is 18.9 Å². The van der Waals surface area contributed by atoms with Gasteiger partial charge in [-0.3, -0.25) is 10.1 Å². The molecule has 0 aromatic heterocycles. The number of hydrogen-bond donors (Lipinski definition) is 1. The summed E-state index contributed by atoms with van der Waals surface area (Å²) in [5.74, 6) is -2.44. The Hall–Kier alpha value is -1.76. The van der Waals surface area contributed by atoms with Gasteiger partial charge in [-0.1, -0.05) is 0 Å². The van der Waals surface area contributed by atoms with Crippen LogP contribution in [0.15, 0.2) is 12.1 Å². The molecule has 0 spiro atoms. The summed E-state index contributed by atoms with van der Waals surface area (Å²) in [6.07, 6.45) is 1.93. The molecule has 1 fully saturated rings. The molecule has 19 heavy (non-hydrogen) atoms. The van der Waals surface area contributed by atoms with Gasteiger partial charge in [0, 0.05) is 12.5 Å². The smallest absolute Gasteiger partial charge is 0.275 e. The second kappa shape index (κ2) is 5.92. The standard InChI is InChI=1S/C12H14F2N2O3/c13-10-4-9(16(17)18)5-11(14)12(10)19-7-8-2-1-3-15-6-8/h4-5,8,15H,1-3,6-7H2. The van der Waals surface area contributed by atoms with E-state index in [1.807, 2.05) is 0 Å². The SMILES string of the molecule is O=[N+]([O-])c1cc(F)c(OCC2CCCNC2)c(F)c1. The van der Waals surface area contributed by atoms with Gasteiger partial charge in [0.25, 0.3) is 5.69 Å². The molecule has 1 aliphatic heterocycles. The fourth-order valence-electron chi connectivity index (χ4n) is 2.06. The summed E-state index contributed by atoms with van der Waals surface area (Å²) in [6.45, 7) is 1.88. The number of ether oxygens (including phenoxy) is 1. The van der Waals surface area contributed by atoms with Crippen LogP contribution in [0.1, 0.15) is 12.8 Å². The van der Waals surface area contributed by atoms with E-state index in [0.717, 1.165) is 25.9 Å². The van der Waals surface area contributed by atoms with E-state index in [1.54, 1.807) is 0 Å². The lowest BCUT2D eigenvalue weighted by atomic mass is 10.0. The average molecular weight is 272 g/mol. The van der Waals surface area contributed by atoms with Gasteiger partial charge >= 0.3 is 0 Å². The van der Waals surface area contributed by atoms with E-state index in [-0.39, 0.29) is 12.5 Å². The van der Waals surface area contributed by atoms with Crippen LogP contribution in [0.3, 0.4) is 0 Å². The third-order valence-electron chi connectivity index (χ3n) is 3.06. The van der Waals surface area contributed by atoms with Gasteiger partial charge in [0.2, 0.25) is 0 Å². The number of nitro benzene ring substituents is 1. The first kappa shape index (κ1) is 13.7. The van der Waals surface area contributed by atoms with Crippen molar-refractivity contribution in [2.24, 2.45) is 5.92 Å². The second-order valence-electron chi connectivity index (χ2n) is 4.52. The highest BCUT2D eigenvalue weighted by Gasteiger charge is 2.20. The second-order valence-corrected chi connectivity index (χ2v) is 4.52. The van der Waals surface area contributed by atoms with Crippen molar-refractivity contribution in [3.05, 3.63) is 33.9 Å². The Bertz CT molecular complexity index is 453. The molecule has 1 heterocycles. The van der Waals surface area contributed by atoms with E-state index in [4.69, 9.17) is 4.74 Å². The van der Waals surface area contributed by atoms with Gasteiger partial charge in [-0.05, 0) is 19.4 Å². The summed E-state index contributed by atoms with van der Waals surface area (Å²) in [4.78, 5) is 9.60. The van der Waals surface area contributed by atoms with Crippen LogP contribution in [0.5, 0.6) is 5.75 Å². The Morgan fingerprint density at radius 3 is 2.63 bits per heavy atom. The van der Waals surface area contributed by atoms with Gasteiger partial charge in [-0.2, -0.15) is 0 Å². The number of rotatable bonds is 4. The minimum absolute atomic E-state index is 0.193. The Morgan fingerprint density at radius 1 is 1.42 bits per heavy atom. The summed E-state index contributed by atoms with van der Waals surface area (Å²) < 4.78 is 32.2. The summed E-state index contributed by atoms with van der Waals surface area (Å²) in [7, 11) is 0. The molecule has 7 heteroatoms. The van der Waals surface area contributed by atoms with Gasteiger partial charge in [-0.25, -0.2) is 8.78 Å². The van der Waals surface area contributed by atoms with Crippen LogP contribution < -0.4 is 10.1 Å². The molecule has 1 aromatic rings. The van der Waals surface area contributed by atoms with Crippen molar-refractivity contribution in [3.63, 3.8) is 0 Å². The zero-order chi connectivity index (χ0) is 13.8. The summed E-state index contributed by atoms with van der Waals surface area (Å²) in [5.41, 5.74) is -0.623. The first-order valence-electron chi connectivity index (χ1n) is 6.05. The van der Waals surface area contributed by atoms with Crippen LogP contribution >= 0.6 is 0 Å². The first-order valence-corrected chi connectivity index (χ1v) is 6.05. The summed E-state index contributed by atoms with van der Waals surface area (Å²) >= 11 is 0. The lowest BCUT2D eigenvalue weighted by molar-refractivity contribution is -0.385.